The van der Waals surface area contributed by atoms with Gasteiger partial charge in [0.05, 0.1) is 5.92 Å². The van der Waals surface area contributed by atoms with Crippen LogP contribution in [0.5, 0.6) is 0 Å². The zero-order chi connectivity index (χ0) is 14.7. The first-order valence-electron chi connectivity index (χ1n) is 7.75. The minimum atomic E-state index is -0.789. The van der Waals surface area contributed by atoms with Crippen molar-refractivity contribution in [2.24, 2.45) is 11.8 Å². The Morgan fingerprint density at radius 1 is 1.20 bits per heavy atom. The van der Waals surface area contributed by atoms with Gasteiger partial charge in [0.1, 0.15) is 0 Å². The number of urea groups is 1. The van der Waals surface area contributed by atoms with Crippen molar-refractivity contribution in [2.45, 2.75) is 51.5 Å². The zero-order valence-corrected chi connectivity index (χ0v) is 12.5. The second-order valence-corrected chi connectivity index (χ2v) is 6.33. The first-order valence-corrected chi connectivity index (χ1v) is 7.75. The molecule has 0 spiro atoms. The van der Waals surface area contributed by atoms with E-state index in [1.807, 2.05) is 14.0 Å². The van der Waals surface area contributed by atoms with Gasteiger partial charge in [0, 0.05) is 26.2 Å². The fourth-order valence-electron chi connectivity index (χ4n) is 3.59. The number of amides is 2. The maximum absolute atomic E-state index is 12.5. The Kier molecular flexibility index (Phi) is 4.89. The number of carboxylic acid groups (broad SMARTS) is 1. The standard InChI is InChI=1S/C15H26N2O3/c1-11-13(14(18)19)8-9-17(11)15(20)16(2)10-12-6-4-3-5-7-12/h11-13H,3-10H2,1-2H3,(H,18,19). The molecular formula is C15H26N2O3. The second-order valence-electron chi connectivity index (χ2n) is 6.33. The normalized spacial score (nSPS) is 27.6. The summed E-state index contributed by atoms with van der Waals surface area (Å²) in [6, 6.07) is -0.208. The van der Waals surface area contributed by atoms with Crippen LogP contribution in [0.2, 0.25) is 0 Å². The van der Waals surface area contributed by atoms with Gasteiger partial charge in [-0.25, -0.2) is 4.79 Å². The van der Waals surface area contributed by atoms with E-state index in [1.165, 1.54) is 32.1 Å². The molecule has 0 bridgehead atoms. The predicted octanol–water partition coefficient (Wildman–Crippen LogP) is 2.41. The van der Waals surface area contributed by atoms with Gasteiger partial charge in [-0.1, -0.05) is 19.3 Å². The lowest BCUT2D eigenvalue weighted by atomic mass is 9.89. The Labute approximate surface area is 120 Å². The Balaban J connectivity index is 1.88. The Bertz CT molecular complexity index is 366. The van der Waals surface area contributed by atoms with E-state index in [-0.39, 0.29) is 12.1 Å². The molecule has 0 aromatic rings. The third-order valence-electron chi connectivity index (χ3n) is 4.90. The van der Waals surface area contributed by atoms with Gasteiger partial charge in [0.25, 0.3) is 0 Å². The molecule has 2 fully saturated rings. The number of rotatable bonds is 3. The summed E-state index contributed by atoms with van der Waals surface area (Å²) in [4.78, 5) is 27.1. The van der Waals surface area contributed by atoms with E-state index in [0.717, 1.165) is 6.54 Å². The number of likely N-dealkylation sites (tertiary alicyclic amines) is 1. The number of carboxylic acids is 1. The highest BCUT2D eigenvalue weighted by Gasteiger charge is 2.39. The number of nitrogens with zero attached hydrogens (tertiary/aromatic N) is 2. The van der Waals surface area contributed by atoms with E-state index >= 15 is 0 Å². The first kappa shape index (κ1) is 15.1. The smallest absolute Gasteiger partial charge is 0.320 e. The lowest BCUT2D eigenvalue weighted by Crippen LogP contribution is -2.46. The average Bonchev–Trinajstić information content (AvgIpc) is 2.81. The van der Waals surface area contributed by atoms with Crippen LogP contribution >= 0.6 is 0 Å². The predicted molar refractivity (Wildman–Crippen MR) is 76.5 cm³/mol. The van der Waals surface area contributed by atoms with Gasteiger partial charge in [-0.3, -0.25) is 4.79 Å². The molecule has 2 rings (SSSR count). The highest BCUT2D eigenvalue weighted by Crippen LogP contribution is 2.27. The minimum Gasteiger partial charge on any atom is -0.481 e. The lowest BCUT2D eigenvalue weighted by Gasteiger charge is -2.32. The topological polar surface area (TPSA) is 60.9 Å². The summed E-state index contributed by atoms with van der Waals surface area (Å²) in [5, 5.41) is 9.13. The van der Waals surface area contributed by atoms with Crippen molar-refractivity contribution < 1.29 is 14.7 Å². The van der Waals surface area contributed by atoms with Gasteiger partial charge >= 0.3 is 12.0 Å². The molecule has 0 aromatic heterocycles. The van der Waals surface area contributed by atoms with E-state index in [2.05, 4.69) is 0 Å². The van der Waals surface area contributed by atoms with E-state index in [4.69, 9.17) is 5.11 Å². The maximum Gasteiger partial charge on any atom is 0.320 e. The van der Waals surface area contributed by atoms with Crippen LogP contribution in [0.25, 0.3) is 0 Å². The molecule has 1 heterocycles. The SMILES string of the molecule is CC1C(C(=O)O)CCN1C(=O)N(C)CC1CCCCC1. The fraction of sp³-hybridized carbons (Fsp3) is 0.867. The quantitative estimate of drug-likeness (QED) is 0.864. The molecule has 20 heavy (non-hydrogen) atoms. The van der Waals surface area contributed by atoms with E-state index in [1.54, 1.807) is 9.80 Å². The molecule has 2 amide bonds. The largest absolute Gasteiger partial charge is 0.481 e. The minimum absolute atomic E-state index is 0.00757. The summed E-state index contributed by atoms with van der Waals surface area (Å²) >= 11 is 0. The van der Waals surface area contributed by atoms with Gasteiger partial charge < -0.3 is 14.9 Å². The second kappa shape index (κ2) is 6.46. The number of carbonyl (C=O) groups excluding carboxylic acids is 1. The number of hydrogen-bond donors (Lipinski definition) is 1. The van der Waals surface area contributed by atoms with Crippen molar-refractivity contribution >= 4 is 12.0 Å². The summed E-state index contributed by atoms with van der Waals surface area (Å²) in [5.41, 5.74) is 0. The van der Waals surface area contributed by atoms with Crippen molar-refractivity contribution in [1.82, 2.24) is 9.80 Å². The van der Waals surface area contributed by atoms with Crippen molar-refractivity contribution in [3.63, 3.8) is 0 Å². The molecule has 5 nitrogen and oxygen atoms in total. The number of hydrogen-bond acceptors (Lipinski definition) is 2. The zero-order valence-electron chi connectivity index (χ0n) is 12.5. The molecular weight excluding hydrogens is 256 g/mol. The number of carbonyl (C=O) groups is 2. The van der Waals surface area contributed by atoms with Crippen molar-refractivity contribution in [3.05, 3.63) is 0 Å². The Morgan fingerprint density at radius 3 is 2.40 bits per heavy atom. The van der Waals surface area contributed by atoms with Crippen LogP contribution in [0.1, 0.15) is 45.4 Å². The maximum atomic E-state index is 12.5. The van der Waals surface area contributed by atoms with Crippen LogP contribution in [-0.2, 0) is 4.79 Å². The molecule has 1 aliphatic carbocycles. The van der Waals surface area contributed by atoms with Crippen LogP contribution in [0.15, 0.2) is 0 Å². The molecule has 2 unspecified atom stereocenters. The highest BCUT2D eigenvalue weighted by atomic mass is 16.4. The molecule has 114 valence electrons. The molecule has 1 saturated heterocycles. The molecule has 5 heteroatoms. The molecule has 1 saturated carbocycles. The van der Waals surface area contributed by atoms with Crippen LogP contribution in [0.4, 0.5) is 4.79 Å². The van der Waals surface area contributed by atoms with Gasteiger partial charge in [-0.15, -0.1) is 0 Å². The third kappa shape index (κ3) is 3.25. The highest BCUT2D eigenvalue weighted by molar-refractivity contribution is 5.78. The lowest BCUT2D eigenvalue weighted by molar-refractivity contribution is -0.142. The molecule has 2 atom stereocenters. The summed E-state index contributed by atoms with van der Waals surface area (Å²) in [7, 11) is 1.84. The summed E-state index contributed by atoms with van der Waals surface area (Å²) < 4.78 is 0. The summed E-state index contributed by atoms with van der Waals surface area (Å²) in [5.74, 6) is -0.587. The van der Waals surface area contributed by atoms with Gasteiger partial charge in [-0.05, 0) is 32.1 Å². The third-order valence-corrected chi connectivity index (χ3v) is 4.90. The van der Waals surface area contributed by atoms with Crippen LogP contribution < -0.4 is 0 Å². The van der Waals surface area contributed by atoms with Crippen molar-refractivity contribution in [3.8, 4) is 0 Å². The molecule has 1 aliphatic heterocycles. The Hall–Kier alpha value is -1.26. The molecule has 0 radical (unpaired) electrons. The van der Waals surface area contributed by atoms with Gasteiger partial charge in [-0.2, -0.15) is 0 Å². The van der Waals surface area contributed by atoms with Crippen LogP contribution in [-0.4, -0.2) is 53.1 Å². The Morgan fingerprint density at radius 2 is 1.85 bits per heavy atom. The molecule has 2 aliphatic rings. The number of aliphatic carboxylic acids is 1. The van der Waals surface area contributed by atoms with E-state index < -0.39 is 11.9 Å². The van der Waals surface area contributed by atoms with E-state index in [9.17, 15) is 9.59 Å². The summed E-state index contributed by atoms with van der Waals surface area (Å²) in [6.07, 6.45) is 6.86. The van der Waals surface area contributed by atoms with Crippen molar-refractivity contribution in [1.29, 1.82) is 0 Å². The average molecular weight is 282 g/mol. The van der Waals surface area contributed by atoms with Crippen LogP contribution in [0, 0.1) is 11.8 Å². The monoisotopic (exact) mass is 282 g/mol. The van der Waals surface area contributed by atoms with Crippen molar-refractivity contribution in [2.75, 3.05) is 20.1 Å². The van der Waals surface area contributed by atoms with Crippen LogP contribution in [0.3, 0.4) is 0 Å². The summed E-state index contributed by atoms with van der Waals surface area (Å²) in [6.45, 7) is 3.21. The fourth-order valence-corrected chi connectivity index (χ4v) is 3.59. The molecule has 1 N–H and O–H groups in total. The van der Waals surface area contributed by atoms with E-state index in [0.29, 0.717) is 18.9 Å². The molecule has 0 aromatic carbocycles. The first-order chi connectivity index (χ1) is 9.50. The van der Waals surface area contributed by atoms with Gasteiger partial charge in [0.15, 0.2) is 0 Å². The van der Waals surface area contributed by atoms with Gasteiger partial charge in [0.2, 0.25) is 0 Å².